The summed E-state index contributed by atoms with van der Waals surface area (Å²) in [6.07, 6.45) is 0. The van der Waals surface area contributed by atoms with Gasteiger partial charge in [-0.15, -0.1) is 0 Å². The quantitative estimate of drug-likeness (QED) is 0.592. The largest absolute Gasteiger partial charge is 0.367 e. The molecule has 1 aliphatic rings. The highest BCUT2D eigenvalue weighted by Crippen LogP contribution is 2.24. The van der Waals surface area contributed by atoms with Crippen molar-refractivity contribution >= 4 is 22.2 Å². The van der Waals surface area contributed by atoms with Crippen molar-refractivity contribution in [2.24, 2.45) is 0 Å². The first-order valence-corrected chi connectivity index (χ1v) is 6.60. The maximum Gasteiger partial charge on any atom is 0.272 e. The molecule has 1 fully saturated rings. The van der Waals surface area contributed by atoms with Crippen LogP contribution in [0.25, 0.3) is 0 Å². The molecule has 0 aliphatic carbocycles. The van der Waals surface area contributed by atoms with Gasteiger partial charge in [-0.1, -0.05) is 0 Å². The molecule has 17 heavy (non-hydrogen) atoms. The fraction of sp³-hybridized carbons (Fsp3) is 0.400. The van der Waals surface area contributed by atoms with Gasteiger partial charge in [0.25, 0.3) is 5.69 Å². The van der Waals surface area contributed by atoms with Crippen molar-refractivity contribution in [3.63, 3.8) is 0 Å². The van der Waals surface area contributed by atoms with Gasteiger partial charge in [-0.05, 0) is 6.07 Å². The van der Waals surface area contributed by atoms with E-state index >= 15 is 0 Å². The minimum atomic E-state index is -0.825. The van der Waals surface area contributed by atoms with Gasteiger partial charge in [0.05, 0.1) is 16.7 Å². The number of halogens is 1. The summed E-state index contributed by atoms with van der Waals surface area (Å²) in [7, 11) is -0.825. The number of benzene rings is 1. The lowest BCUT2D eigenvalue weighted by atomic mass is 10.2. The third kappa shape index (κ3) is 2.60. The summed E-state index contributed by atoms with van der Waals surface area (Å²) in [6.45, 7) is 1.03. The SMILES string of the molecule is O=[N+]([O-])c1ccc(N2CCS(=O)CC2)c(F)c1. The predicted octanol–water partition coefficient (Wildman–Crippen LogP) is 1.30. The highest BCUT2D eigenvalue weighted by Gasteiger charge is 2.20. The second-order valence-electron chi connectivity index (χ2n) is 3.73. The molecular formula is C10H11FN2O3S. The molecule has 0 atom stereocenters. The first-order chi connectivity index (χ1) is 8.08. The Morgan fingerprint density at radius 1 is 1.35 bits per heavy atom. The molecule has 0 N–H and O–H groups in total. The number of nitro benzene ring substituents is 1. The summed E-state index contributed by atoms with van der Waals surface area (Å²) >= 11 is 0. The third-order valence-electron chi connectivity index (χ3n) is 2.66. The molecule has 0 saturated carbocycles. The lowest BCUT2D eigenvalue weighted by molar-refractivity contribution is -0.385. The zero-order chi connectivity index (χ0) is 12.4. The number of nitro groups is 1. The average molecular weight is 258 g/mol. The van der Waals surface area contributed by atoms with Crippen molar-refractivity contribution in [2.75, 3.05) is 29.5 Å². The lowest BCUT2D eigenvalue weighted by Gasteiger charge is -2.28. The van der Waals surface area contributed by atoms with E-state index in [1.54, 1.807) is 4.90 Å². The Hall–Kier alpha value is -1.50. The highest BCUT2D eigenvalue weighted by molar-refractivity contribution is 7.85. The van der Waals surface area contributed by atoms with Gasteiger partial charge < -0.3 is 4.90 Å². The molecule has 1 saturated heterocycles. The molecule has 0 aromatic heterocycles. The lowest BCUT2D eigenvalue weighted by Crippen LogP contribution is -2.38. The fourth-order valence-electron chi connectivity index (χ4n) is 1.74. The van der Waals surface area contributed by atoms with Crippen molar-refractivity contribution < 1.29 is 13.5 Å². The van der Waals surface area contributed by atoms with Crippen LogP contribution in [0.1, 0.15) is 0 Å². The van der Waals surface area contributed by atoms with Crippen molar-refractivity contribution in [1.29, 1.82) is 0 Å². The van der Waals surface area contributed by atoms with Crippen LogP contribution in [0.5, 0.6) is 0 Å². The van der Waals surface area contributed by atoms with Gasteiger partial charge in [0.1, 0.15) is 0 Å². The standard InChI is InChI=1S/C10H11FN2O3S/c11-9-7-8(13(14)15)1-2-10(9)12-3-5-17(16)6-4-12/h1-2,7H,3-6H2. The first kappa shape index (κ1) is 12.0. The Balaban J connectivity index is 2.21. The van der Waals surface area contributed by atoms with E-state index < -0.39 is 21.5 Å². The van der Waals surface area contributed by atoms with E-state index in [4.69, 9.17) is 0 Å². The first-order valence-electron chi connectivity index (χ1n) is 5.12. The maximum atomic E-state index is 13.7. The Morgan fingerprint density at radius 2 is 2.00 bits per heavy atom. The summed E-state index contributed by atoms with van der Waals surface area (Å²) in [5.41, 5.74) is 0.0825. The van der Waals surface area contributed by atoms with Crippen LogP contribution in [-0.4, -0.2) is 33.7 Å². The molecule has 92 valence electrons. The number of anilines is 1. The average Bonchev–Trinajstić information content (AvgIpc) is 2.30. The number of hydrogen-bond donors (Lipinski definition) is 0. The van der Waals surface area contributed by atoms with Crippen LogP contribution in [-0.2, 0) is 10.8 Å². The van der Waals surface area contributed by atoms with E-state index in [-0.39, 0.29) is 5.69 Å². The summed E-state index contributed by atoms with van der Waals surface area (Å²) < 4.78 is 24.8. The van der Waals surface area contributed by atoms with E-state index in [0.717, 1.165) is 6.07 Å². The zero-order valence-corrected chi connectivity index (χ0v) is 9.78. The molecule has 5 nitrogen and oxygen atoms in total. The normalized spacial score (nSPS) is 17.1. The van der Waals surface area contributed by atoms with Crippen LogP contribution < -0.4 is 4.90 Å². The summed E-state index contributed by atoms with van der Waals surface area (Å²) in [4.78, 5) is 11.6. The summed E-state index contributed by atoms with van der Waals surface area (Å²) in [5.74, 6) is 0.416. The summed E-state index contributed by atoms with van der Waals surface area (Å²) in [5, 5.41) is 10.5. The molecule has 0 bridgehead atoms. The molecule has 2 rings (SSSR count). The minimum Gasteiger partial charge on any atom is -0.367 e. The summed E-state index contributed by atoms with van der Waals surface area (Å²) in [6, 6.07) is 3.60. The maximum absolute atomic E-state index is 13.7. The van der Waals surface area contributed by atoms with E-state index in [1.807, 2.05) is 0 Å². The number of hydrogen-bond acceptors (Lipinski definition) is 4. The number of nitrogens with zero attached hydrogens (tertiary/aromatic N) is 2. The molecule has 0 unspecified atom stereocenters. The molecule has 0 radical (unpaired) electrons. The molecular weight excluding hydrogens is 247 g/mol. The van der Waals surface area contributed by atoms with E-state index in [1.165, 1.54) is 12.1 Å². The molecule has 1 aliphatic heterocycles. The predicted molar refractivity (Wildman–Crippen MR) is 63.1 cm³/mol. The van der Waals surface area contributed by atoms with Gasteiger partial charge >= 0.3 is 0 Å². The third-order valence-corrected chi connectivity index (χ3v) is 3.94. The Kier molecular flexibility index (Phi) is 3.37. The van der Waals surface area contributed by atoms with Crippen molar-refractivity contribution in [2.45, 2.75) is 0 Å². The highest BCUT2D eigenvalue weighted by atomic mass is 32.2. The fourth-order valence-corrected chi connectivity index (χ4v) is 2.80. The molecule has 0 amide bonds. The van der Waals surface area contributed by atoms with Crippen LogP contribution in [0.4, 0.5) is 15.8 Å². The van der Waals surface area contributed by atoms with Crippen LogP contribution in [0, 0.1) is 15.9 Å². The molecule has 1 heterocycles. The Bertz CT molecular complexity index is 471. The molecule has 0 spiro atoms. The molecule has 7 heteroatoms. The Labute approximate surface area is 99.8 Å². The van der Waals surface area contributed by atoms with E-state index in [2.05, 4.69) is 0 Å². The van der Waals surface area contributed by atoms with Gasteiger partial charge in [0.15, 0.2) is 5.82 Å². The van der Waals surface area contributed by atoms with Crippen LogP contribution in [0.3, 0.4) is 0 Å². The monoisotopic (exact) mass is 258 g/mol. The topological polar surface area (TPSA) is 63.5 Å². The van der Waals surface area contributed by atoms with Crippen LogP contribution in [0.2, 0.25) is 0 Å². The second-order valence-corrected chi connectivity index (χ2v) is 5.42. The number of rotatable bonds is 2. The molecule has 1 aromatic carbocycles. The Morgan fingerprint density at radius 3 is 2.53 bits per heavy atom. The van der Waals surface area contributed by atoms with E-state index in [9.17, 15) is 18.7 Å². The van der Waals surface area contributed by atoms with Crippen molar-refractivity contribution in [3.05, 3.63) is 34.1 Å². The number of non-ortho nitro benzene ring substituents is 1. The second kappa shape index (κ2) is 4.79. The van der Waals surface area contributed by atoms with Crippen LogP contribution in [0.15, 0.2) is 18.2 Å². The van der Waals surface area contributed by atoms with E-state index in [0.29, 0.717) is 30.3 Å². The smallest absolute Gasteiger partial charge is 0.272 e. The van der Waals surface area contributed by atoms with Crippen molar-refractivity contribution in [1.82, 2.24) is 0 Å². The van der Waals surface area contributed by atoms with Crippen molar-refractivity contribution in [3.8, 4) is 0 Å². The van der Waals surface area contributed by atoms with Gasteiger partial charge in [-0.25, -0.2) is 4.39 Å². The minimum absolute atomic E-state index is 0.258. The zero-order valence-electron chi connectivity index (χ0n) is 8.97. The molecule has 1 aromatic rings. The van der Waals surface area contributed by atoms with Gasteiger partial charge in [-0.3, -0.25) is 14.3 Å². The van der Waals surface area contributed by atoms with Gasteiger partial charge in [0, 0.05) is 41.5 Å². The van der Waals surface area contributed by atoms with Gasteiger partial charge in [0.2, 0.25) is 0 Å². The van der Waals surface area contributed by atoms with Gasteiger partial charge in [-0.2, -0.15) is 0 Å². The van der Waals surface area contributed by atoms with Crippen LogP contribution >= 0.6 is 0 Å².